The van der Waals surface area contributed by atoms with Gasteiger partial charge in [0.1, 0.15) is 11.9 Å². The van der Waals surface area contributed by atoms with Gasteiger partial charge in [-0.15, -0.1) is 0 Å². The fourth-order valence-electron chi connectivity index (χ4n) is 1.99. The van der Waals surface area contributed by atoms with Gasteiger partial charge >= 0.3 is 0 Å². The first kappa shape index (κ1) is 15.0. The van der Waals surface area contributed by atoms with E-state index in [9.17, 15) is 4.79 Å². The molecule has 0 aliphatic carbocycles. The van der Waals surface area contributed by atoms with E-state index in [1.165, 1.54) is 0 Å². The van der Waals surface area contributed by atoms with Crippen LogP contribution in [0.3, 0.4) is 0 Å². The number of fused-ring (bicyclic) bond motifs is 1. The lowest BCUT2D eigenvalue weighted by atomic mass is 10.2. The second kappa shape index (κ2) is 6.88. The predicted octanol–water partition coefficient (Wildman–Crippen LogP) is 2.00. The van der Waals surface area contributed by atoms with Gasteiger partial charge in [-0.3, -0.25) is 4.79 Å². The number of nitrogens with zero attached hydrogens (tertiary/aromatic N) is 2. The van der Waals surface area contributed by atoms with E-state index in [0.29, 0.717) is 11.8 Å². The fourth-order valence-corrected chi connectivity index (χ4v) is 1.99. The van der Waals surface area contributed by atoms with Crippen LogP contribution in [0.2, 0.25) is 0 Å². The molecule has 1 unspecified atom stereocenters. The Balaban J connectivity index is 2.37. The van der Waals surface area contributed by atoms with Crippen LogP contribution in [0.15, 0.2) is 24.3 Å². The molecule has 0 aliphatic heterocycles. The Morgan fingerprint density at radius 1 is 1.29 bits per heavy atom. The third-order valence-corrected chi connectivity index (χ3v) is 3.13. The van der Waals surface area contributed by atoms with Crippen molar-refractivity contribution in [1.29, 1.82) is 0 Å². The van der Waals surface area contributed by atoms with Crippen LogP contribution in [-0.2, 0) is 4.79 Å². The number of carbonyl (C=O) groups excluding carboxylic acids is 1. The molecule has 112 valence electrons. The Morgan fingerprint density at radius 3 is 2.76 bits per heavy atom. The lowest BCUT2D eigenvalue weighted by molar-refractivity contribution is -0.121. The molecule has 1 amide bonds. The van der Waals surface area contributed by atoms with Crippen LogP contribution in [-0.4, -0.2) is 35.5 Å². The van der Waals surface area contributed by atoms with Gasteiger partial charge < -0.3 is 16.0 Å². The smallest absolute Gasteiger partial charge is 0.241 e. The molecule has 0 saturated carbocycles. The number of aromatic nitrogens is 2. The summed E-state index contributed by atoms with van der Waals surface area (Å²) in [7, 11) is 1.62. The molecule has 1 atom stereocenters. The van der Waals surface area contributed by atoms with Crippen molar-refractivity contribution in [2.45, 2.75) is 26.3 Å². The third kappa shape index (κ3) is 3.59. The van der Waals surface area contributed by atoms with Crippen LogP contribution in [0.1, 0.15) is 20.3 Å². The van der Waals surface area contributed by atoms with E-state index in [2.05, 4.69) is 32.8 Å². The zero-order valence-corrected chi connectivity index (χ0v) is 12.6. The highest BCUT2D eigenvalue weighted by Gasteiger charge is 2.14. The zero-order chi connectivity index (χ0) is 15.2. The van der Waals surface area contributed by atoms with Gasteiger partial charge in [0.15, 0.2) is 0 Å². The second-order valence-electron chi connectivity index (χ2n) is 4.82. The summed E-state index contributed by atoms with van der Waals surface area (Å²) in [6.45, 7) is 4.69. The molecule has 0 aliphatic rings. The zero-order valence-electron chi connectivity index (χ0n) is 12.6. The first-order valence-corrected chi connectivity index (χ1v) is 7.14. The number of nitrogens with one attached hydrogen (secondary N) is 3. The van der Waals surface area contributed by atoms with E-state index in [4.69, 9.17) is 0 Å². The maximum absolute atomic E-state index is 11.7. The van der Waals surface area contributed by atoms with Crippen molar-refractivity contribution in [1.82, 2.24) is 15.3 Å². The van der Waals surface area contributed by atoms with Crippen LogP contribution >= 0.6 is 0 Å². The van der Waals surface area contributed by atoms with Crippen molar-refractivity contribution in [3.05, 3.63) is 24.3 Å². The molecular formula is C15H21N5O. The average molecular weight is 287 g/mol. The summed E-state index contributed by atoms with van der Waals surface area (Å²) in [5.41, 5.74) is 0.845. The number of para-hydroxylation sites is 1. The van der Waals surface area contributed by atoms with Crippen LogP contribution in [0.25, 0.3) is 10.9 Å². The number of anilines is 2. The number of hydrogen-bond acceptors (Lipinski definition) is 5. The third-order valence-electron chi connectivity index (χ3n) is 3.13. The largest absolute Gasteiger partial charge is 0.358 e. The Bertz CT molecular complexity index is 628. The molecule has 0 spiro atoms. The highest BCUT2D eigenvalue weighted by molar-refractivity contribution is 5.92. The molecular weight excluding hydrogens is 266 g/mol. The molecule has 21 heavy (non-hydrogen) atoms. The molecule has 3 N–H and O–H groups in total. The molecule has 0 radical (unpaired) electrons. The highest BCUT2D eigenvalue weighted by Crippen LogP contribution is 2.22. The van der Waals surface area contributed by atoms with Gasteiger partial charge in [0.2, 0.25) is 11.9 Å². The van der Waals surface area contributed by atoms with E-state index in [0.717, 1.165) is 23.9 Å². The van der Waals surface area contributed by atoms with Crippen molar-refractivity contribution in [3.8, 4) is 0 Å². The maximum atomic E-state index is 11.7. The molecule has 6 nitrogen and oxygen atoms in total. The molecule has 2 aromatic rings. The lowest BCUT2D eigenvalue weighted by Gasteiger charge is -2.15. The van der Waals surface area contributed by atoms with Gasteiger partial charge in [0.05, 0.1) is 5.52 Å². The van der Waals surface area contributed by atoms with Crippen LogP contribution in [0.4, 0.5) is 11.8 Å². The summed E-state index contributed by atoms with van der Waals surface area (Å²) in [6, 6.07) is 7.38. The van der Waals surface area contributed by atoms with Gasteiger partial charge in [-0.2, -0.15) is 4.98 Å². The first-order chi connectivity index (χ1) is 10.2. The summed E-state index contributed by atoms with van der Waals surface area (Å²) >= 11 is 0. The molecule has 0 fully saturated rings. The molecule has 1 heterocycles. The van der Waals surface area contributed by atoms with Crippen molar-refractivity contribution in [2.75, 3.05) is 24.2 Å². The summed E-state index contributed by atoms with van der Waals surface area (Å²) in [5, 5.41) is 9.85. The Labute approximate surface area is 124 Å². The van der Waals surface area contributed by atoms with E-state index < -0.39 is 0 Å². The predicted molar refractivity (Wildman–Crippen MR) is 85.5 cm³/mol. The monoisotopic (exact) mass is 287 g/mol. The SMILES string of the molecule is CCCNc1nc(NC(C)C(=O)NC)c2ccccc2n1. The molecule has 2 rings (SSSR count). The summed E-state index contributed by atoms with van der Waals surface area (Å²) in [4.78, 5) is 20.6. The summed E-state index contributed by atoms with van der Waals surface area (Å²) < 4.78 is 0. The van der Waals surface area contributed by atoms with Crippen molar-refractivity contribution in [3.63, 3.8) is 0 Å². The standard InChI is InChI=1S/C15H21N5O/c1-4-9-17-15-19-12-8-6-5-7-11(12)13(20-15)18-10(2)14(21)16-3/h5-8,10H,4,9H2,1-3H3,(H,16,21)(H2,17,18,19,20). The quantitative estimate of drug-likeness (QED) is 0.757. The van der Waals surface area contributed by atoms with E-state index in [-0.39, 0.29) is 11.9 Å². The second-order valence-corrected chi connectivity index (χ2v) is 4.82. The summed E-state index contributed by atoms with van der Waals surface area (Å²) in [5.74, 6) is 1.15. The van der Waals surface area contributed by atoms with Crippen LogP contribution < -0.4 is 16.0 Å². The number of likely N-dealkylation sites (N-methyl/N-ethyl adjacent to an activating group) is 1. The van der Waals surface area contributed by atoms with Gasteiger partial charge in [0.25, 0.3) is 0 Å². The Hall–Kier alpha value is -2.37. The van der Waals surface area contributed by atoms with E-state index in [1.807, 2.05) is 24.3 Å². The number of rotatable bonds is 6. The Kier molecular flexibility index (Phi) is 4.92. The molecule has 6 heteroatoms. The fraction of sp³-hybridized carbons (Fsp3) is 0.400. The van der Waals surface area contributed by atoms with Crippen molar-refractivity contribution in [2.24, 2.45) is 0 Å². The average Bonchev–Trinajstić information content (AvgIpc) is 2.52. The lowest BCUT2D eigenvalue weighted by Crippen LogP contribution is -2.35. The van der Waals surface area contributed by atoms with Gasteiger partial charge in [0, 0.05) is 19.0 Å². The summed E-state index contributed by atoms with van der Waals surface area (Å²) in [6.07, 6.45) is 0.994. The highest BCUT2D eigenvalue weighted by atomic mass is 16.2. The minimum atomic E-state index is -0.368. The minimum absolute atomic E-state index is 0.0826. The minimum Gasteiger partial charge on any atom is -0.358 e. The molecule has 0 bridgehead atoms. The topological polar surface area (TPSA) is 78.9 Å². The molecule has 0 saturated heterocycles. The molecule has 1 aromatic heterocycles. The van der Waals surface area contributed by atoms with Crippen molar-refractivity contribution >= 4 is 28.6 Å². The number of benzene rings is 1. The number of hydrogen-bond donors (Lipinski definition) is 3. The number of amides is 1. The molecule has 1 aromatic carbocycles. The number of carbonyl (C=O) groups is 1. The maximum Gasteiger partial charge on any atom is 0.241 e. The van der Waals surface area contributed by atoms with Gasteiger partial charge in [-0.25, -0.2) is 4.98 Å². The Morgan fingerprint density at radius 2 is 2.05 bits per heavy atom. The van der Waals surface area contributed by atoms with E-state index >= 15 is 0 Å². The van der Waals surface area contributed by atoms with Crippen LogP contribution in [0, 0.1) is 0 Å². The van der Waals surface area contributed by atoms with Gasteiger partial charge in [-0.05, 0) is 25.5 Å². The van der Waals surface area contributed by atoms with E-state index in [1.54, 1.807) is 14.0 Å². The van der Waals surface area contributed by atoms with Gasteiger partial charge in [-0.1, -0.05) is 19.1 Å². The first-order valence-electron chi connectivity index (χ1n) is 7.14. The normalized spacial score (nSPS) is 12.0. The van der Waals surface area contributed by atoms with Crippen molar-refractivity contribution < 1.29 is 4.79 Å². The van der Waals surface area contributed by atoms with Crippen LogP contribution in [0.5, 0.6) is 0 Å².